The summed E-state index contributed by atoms with van der Waals surface area (Å²) in [6.45, 7) is 1.29. The Bertz CT molecular complexity index is 603. The van der Waals surface area contributed by atoms with Crippen LogP contribution in [0.3, 0.4) is 0 Å². The minimum Gasteiger partial charge on any atom is -0.257 e. The van der Waals surface area contributed by atoms with Gasteiger partial charge in [0.2, 0.25) is 10.0 Å². The van der Waals surface area contributed by atoms with Crippen LogP contribution in [0.1, 0.15) is 17.5 Å². The highest BCUT2D eigenvalue weighted by Gasteiger charge is 2.23. The van der Waals surface area contributed by atoms with Crippen molar-refractivity contribution in [3.63, 3.8) is 0 Å². The summed E-state index contributed by atoms with van der Waals surface area (Å²) < 4.78 is 25.9. The van der Waals surface area contributed by atoms with Crippen LogP contribution < -0.4 is 10.9 Å². The molecule has 1 aromatic rings. The predicted octanol–water partition coefficient (Wildman–Crippen LogP) is 0.186. The van der Waals surface area contributed by atoms with Gasteiger partial charge < -0.3 is 0 Å². The molecule has 0 saturated carbocycles. The van der Waals surface area contributed by atoms with E-state index in [1.54, 1.807) is 31.3 Å². The molecule has 0 aromatic heterocycles. The normalized spacial score (nSPS) is 19.1. The number of sulfonamides is 1. The van der Waals surface area contributed by atoms with Crippen LogP contribution in [0.4, 0.5) is 0 Å². The van der Waals surface area contributed by atoms with Gasteiger partial charge in [-0.15, -0.1) is 0 Å². The summed E-state index contributed by atoms with van der Waals surface area (Å²) in [5, 5.41) is 8.83. The zero-order valence-corrected chi connectivity index (χ0v) is 12.2. The third-order valence-corrected chi connectivity index (χ3v) is 5.08. The molecule has 1 unspecified atom stereocenters. The quantitative estimate of drug-likeness (QED) is 0.809. The van der Waals surface area contributed by atoms with E-state index in [0.29, 0.717) is 17.7 Å². The lowest BCUT2D eigenvalue weighted by molar-refractivity contribution is 0.407. The average Bonchev–Trinajstić information content (AvgIpc) is 2.91. The Labute approximate surface area is 119 Å². The van der Waals surface area contributed by atoms with Gasteiger partial charge in [-0.2, -0.15) is 5.26 Å². The Morgan fingerprint density at radius 1 is 1.50 bits per heavy atom. The largest absolute Gasteiger partial charge is 0.257 e. The second-order valence-corrected chi connectivity index (χ2v) is 6.98. The summed E-state index contributed by atoms with van der Waals surface area (Å²) in [5.74, 6) is -0.0842. The van der Waals surface area contributed by atoms with Gasteiger partial charge in [-0.25, -0.2) is 12.7 Å². The van der Waals surface area contributed by atoms with Gasteiger partial charge in [0.05, 0.1) is 17.4 Å². The fourth-order valence-electron chi connectivity index (χ4n) is 2.15. The van der Waals surface area contributed by atoms with Gasteiger partial charge in [-0.05, 0) is 24.1 Å². The van der Waals surface area contributed by atoms with Crippen molar-refractivity contribution in [3.8, 4) is 6.07 Å². The van der Waals surface area contributed by atoms with E-state index in [2.05, 4.69) is 10.9 Å². The fourth-order valence-corrected chi connectivity index (χ4v) is 3.38. The highest BCUT2D eigenvalue weighted by molar-refractivity contribution is 7.88. The first kappa shape index (κ1) is 14.9. The maximum Gasteiger partial charge on any atom is 0.218 e. The van der Waals surface area contributed by atoms with Crippen LogP contribution in [0.15, 0.2) is 24.3 Å². The number of nitrogens with one attached hydrogen (secondary N) is 2. The Morgan fingerprint density at radius 2 is 2.30 bits per heavy atom. The molecule has 1 aliphatic heterocycles. The van der Waals surface area contributed by atoms with Crippen LogP contribution >= 0.6 is 0 Å². The van der Waals surface area contributed by atoms with Crippen molar-refractivity contribution in [2.75, 3.05) is 20.1 Å². The SMILES string of the molecule is CN(CC1CCNN1)S(=O)(=O)Cc1cccc(C#N)c1. The highest BCUT2D eigenvalue weighted by atomic mass is 32.2. The van der Waals surface area contributed by atoms with Gasteiger partial charge in [0.25, 0.3) is 0 Å². The molecule has 1 atom stereocenters. The maximum absolute atomic E-state index is 12.3. The molecule has 1 fully saturated rings. The van der Waals surface area contributed by atoms with Crippen molar-refractivity contribution in [1.29, 1.82) is 5.26 Å². The van der Waals surface area contributed by atoms with E-state index in [1.807, 2.05) is 6.07 Å². The van der Waals surface area contributed by atoms with Crippen molar-refractivity contribution in [2.24, 2.45) is 0 Å². The monoisotopic (exact) mass is 294 g/mol. The Kier molecular flexibility index (Phi) is 4.73. The van der Waals surface area contributed by atoms with Crippen LogP contribution in [0.2, 0.25) is 0 Å². The smallest absolute Gasteiger partial charge is 0.218 e. The van der Waals surface area contributed by atoms with Crippen molar-refractivity contribution in [2.45, 2.75) is 18.2 Å². The predicted molar refractivity (Wildman–Crippen MR) is 76.0 cm³/mol. The zero-order chi connectivity index (χ0) is 14.6. The third-order valence-electron chi connectivity index (χ3n) is 3.28. The molecule has 2 rings (SSSR count). The summed E-state index contributed by atoms with van der Waals surface area (Å²) >= 11 is 0. The lowest BCUT2D eigenvalue weighted by atomic mass is 10.2. The number of nitrogens with zero attached hydrogens (tertiary/aromatic N) is 2. The summed E-state index contributed by atoms with van der Waals surface area (Å²) in [4.78, 5) is 0. The molecule has 1 aromatic carbocycles. The highest BCUT2D eigenvalue weighted by Crippen LogP contribution is 2.12. The zero-order valence-electron chi connectivity index (χ0n) is 11.3. The first-order valence-corrected chi connectivity index (χ1v) is 8.03. The molecule has 0 amide bonds. The second-order valence-electron chi connectivity index (χ2n) is 4.91. The number of likely N-dealkylation sites (N-methyl/N-ethyl adjacent to an activating group) is 1. The molecule has 1 heterocycles. The van der Waals surface area contributed by atoms with Gasteiger partial charge in [0, 0.05) is 26.2 Å². The standard InChI is InChI=1S/C13H18N4O2S/c1-17(9-13-5-6-15-16-13)20(18,19)10-12-4-2-3-11(7-12)8-14/h2-4,7,13,15-16H,5-6,9-10H2,1H3. The average molecular weight is 294 g/mol. The molecule has 1 saturated heterocycles. The number of rotatable bonds is 5. The minimum absolute atomic E-state index is 0.0842. The third kappa shape index (κ3) is 3.77. The molecule has 2 N–H and O–H groups in total. The lowest BCUT2D eigenvalue weighted by Crippen LogP contribution is -2.41. The molecule has 0 bridgehead atoms. The van der Waals surface area contributed by atoms with E-state index >= 15 is 0 Å². The molecule has 6 nitrogen and oxygen atoms in total. The molecule has 7 heteroatoms. The first-order valence-electron chi connectivity index (χ1n) is 6.43. The minimum atomic E-state index is -3.37. The number of nitriles is 1. The van der Waals surface area contributed by atoms with Gasteiger partial charge in [0.15, 0.2) is 0 Å². The van der Waals surface area contributed by atoms with Crippen molar-refractivity contribution >= 4 is 10.0 Å². The van der Waals surface area contributed by atoms with E-state index < -0.39 is 10.0 Å². The van der Waals surface area contributed by atoms with Gasteiger partial charge in [-0.3, -0.25) is 10.9 Å². The van der Waals surface area contributed by atoms with Crippen LogP contribution in [-0.2, 0) is 15.8 Å². The summed E-state index contributed by atoms with van der Waals surface area (Å²) in [6, 6.07) is 8.85. The van der Waals surface area contributed by atoms with E-state index in [4.69, 9.17) is 5.26 Å². The molecule has 1 aliphatic rings. The molecule has 0 aliphatic carbocycles. The topological polar surface area (TPSA) is 85.2 Å². The Hall–Kier alpha value is -1.46. The van der Waals surface area contributed by atoms with E-state index in [-0.39, 0.29) is 11.8 Å². The number of hydrogen-bond donors (Lipinski definition) is 2. The Balaban J connectivity index is 2.03. The lowest BCUT2D eigenvalue weighted by Gasteiger charge is -2.20. The van der Waals surface area contributed by atoms with Crippen LogP contribution in [0.5, 0.6) is 0 Å². The first-order chi connectivity index (χ1) is 9.51. The van der Waals surface area contributed by atoms with Crippen LogP contribution in [0.25, 0.3) is 0 Å². The summed E-state index contributed by atoms with van der Waals surface area (Å²) in [7, 11) is -1.78. The van der Waals surface area contributed by atoms with Gasteiger partial charge in [0.1, 0.15) is 0 Å². The molecular formula is C13H18N4O2S. The van der Waals surface area contributed by atoms with Gasteiger partial charge >= 0.3 is 0 Å². The van der Waals surface area contributed by atoms with Crippen molar-refractivity contribution < 1.29 is 8.42 Å². The van der Waals surface area contributed by atoms with Crippen LogP contribution in [0, 0.1) is 11.3 Å². The number of hydrazine groups is 1. The van der Waals surface area contributed by atoms with Crippen molar-refractivity contribution in [3.05, 3.63) is 35.4 Å². The molecule has 108 valence electrons. The number of hydrogen-bond acceptors (Lipinski definition) is 5. The van der Waals surface area contributed by atoms with Crippen molar-refractivity contribution in [1.82, 2.24) is 15.2 Å². The molecule has 20 heavy (non-hydrogen) atoms. The fraction of sp³-hybridized carbons (Fsp3) is 0.462. The molecule has 0 radical (unpaired) electrons. The second kappa shape index (κ2) is 6.33. The Morgan fingerprint density at radius 3 is 2.95 bits per heavy atom. The molecular weight excluding hydrogens is 276 g/mol. The van der Waals surface area contributed by atoms with Crippen LogP contribution in [-0.4, -0.2) is 38.9 Å². The van der Waals surface area contributed by atoms with E-state index in [0.717, 1.165) is 13.0 Å². The molecule has 0 spiro atoms. The summed E-state index contributed by atoms with van der Waals surface area (Å²) in [5.41, 5.74) is 7.14. The maximum atomic E-state index is 12.3. The van der Waals surface area contributed by atoms with Gasteiger partial charge in [-0.1, -0.05) is 12.1 Å². The summed E-state index contributed by atoms with van der Waals surface area (Å²) in [6.07, 6.45) is 0.907. The van der Waals surface area contributed by atoms with E-state index in [1.165, 1.54) is 4.31 Å². The van der Waals surface area contributed by atoms with E-state index in [9.17, 15) is 8.42 Å². The number of benzene rings is 1.